The second kappa shape index (κ2) is 5.35. The van der Waals surface area contributed by atoms with E-state index in [0.29, 0.717) is 4.48 Å². The van der Waals surface area contributed by atoms with Crippen LogP contribution in [0.1, 0.15) is 18.5 Å². The van der Waals surface area contributed by atoms with E-state index in [1.54, 1.807) is 13.0 Å². The van der Waals surface area contributed by atoms with Crippen LogP contribution in [0.2, 0.25) is 0 Å². The number of halogens is 1. The van der Waals surface area contributed by atoms with Gasteiger partial charge in [0.05, 0.1) is 4.48 Å². The number of carbonyl (C=O) groups excluding carboxylic acids is 2. The number of imide groups is 1. The van der Waals surface area contributed by atoms with Crippen LogP contribution in [-0.4, -0.2) is 23.5 Å². The Labute approximate surface area is 113 Å². The van der Waals surface area contributed by atoms with Crippen molar-refractivity contribution in [3.05, 3.63) is 46.5 Å². The number of cyclic esters (lactones) is 1. The van der Waals surface area contributed by atoms with Crippen molar-refractivity contribution >= 4 is 27.9 Å². The highest BCUT2D eigenvalue weighted by atomic mass is 79.9. The lowest BCUT2D eigenvalue weighted by Crippen LogP contribution is -2.34. The summed E-state index contributed by atoms with van der Waals surface area (Å²) in [5, 5.41) is 0. The SMILES string of the molecule is C/C=C(\Br)C(=O)N1C(=O)OC[C@H]1c1ccccc1. The van der Waals surface area contributed by atoms with E-state index >= 15 is 0 Å². The zero-order valence-corrected chi connectivity index (χ0v) is 11.4. The van der Waals surface area contributed by atoms with Gasteiger partial charge in [-0.3, -0.25) is 4.79 Å². The Morgan fingerprint density at radius 1 is 1.44 bits per heavy atom. The minimum atomic E-state index is -0.604. The molecule has 2 rings (SSSR count). The van der Waals surface area contributed by atoms with Crippen LogP contribution in [0.5, 0.6) is 0 Å². The maximum Gasteiger partial charge on any atom is 0.417 e. The van der Waals surface area contributed by atoms with E-state index in [-0.39, 0.29) is 18.6 Å². The molecule has 1 heterocycles. The lowest BCUT2D eigenvalue weighted by Gasteiger charge is -2.19. The van der Waals surface area contributed by atoms with Gasteiger partial charge in [0.2, 0.25) is 0 Å². The van der Waals surface area contributed by atoms with Gasteiger partial charge in [0.25, 0.3) is 5.91 Å². The highest BCUT2D eigenvalue weighted by Gasteiger charge is 2.39. The Kier molecular flexibility index (Phi) is 3.81. The van der Waals surface area contributed by atoms with Crippen LogP contribution in [0.15, 0.2) is 40.9 Å². The number of hydrogen-bond donors (Lipinski definition) is 0. The van der Waals surface area contributed by atoms with E-state index in [4.69, 9.17) is 4.74 Å². The molecular formula is C13H12BrNO3. The topological polar surface area (TPSA) is 46.6 Å². The first-order valence-corrected chi connectivity index (χ1v) is 6.31. The quantitative estimate of drug-likeness (QED) is 0.789. The Bertz CT molecular complexity index is 498. The summed E-state index contributed by atoms with van der Waals surface area (Å²) in [6.45, 7) is 1.92. The van der Waals surface area contributed by atoms with Crippen molar-refractivity contribution in [3.8, 4) is 0 Å². The van der Waals surface area contributed by atoms with Crippen LogP contribution in [0.3, 0.4) is 0 Å². The van der Waals surface area contributed by atoms with E-state index in [9.17, 15) is 9.59 Å². The third-order valence-corrected chi connectivity index (χ3v) is 3.53. The number of benzene rings is 1. The molecule has 1 saturated heterocycles. The molecule has 94 valence electrons. The molecule has 0 radical (unpaired) electrons. The average molecular weight is 310 g/mol. The van der Waals surface area contributed by atoms with Gasteiger partial charge in [-0.2, -0.15) is 0 Å². The van der Waals surface area contributed by atoms with Crippen molar-refractivity contribution in [1.29, 1.82) is 0 Å². The summed E-state index contributed by atoms with van der Waals surface area (Å²) in [6, 6.07) is 9.00. The number of amides is 2. The summed E-state index contributed by atoms with van der Waals surface area (Å²) in [7, 11) is 0. The molecular weight excluding hydrogens is 298 g/mol. The lowest BCUT2D eigenvalue weighted by molar-refractivity contribution is -0.124. The first-order chi connectivity index (χ1) is 8.65. The summed E-state index contributed by atoms with van der Waals surface area (Å²) in [5.74, 6) is -0.381. The lowest BCUT2D eigenvalue weighted by atomic mass is 10.1. The van der Waals surface area contributed by atoms with Crippen LogP contribution in [-0.2, 0) is 9.53 Å². The van der Waals surface area contributed by atoms with Crippen molar-refractivity contribution in [2.75, 3.05) is 6.61 Å². The fourth-order valence-electron chi connectivity index (χ4n) is 1.81. The molecule has 1 atom stereocenters. The molecule has 0 spiro atoms. The normalized spacial score (nSPS) is 19.9. The van der Waals surface area contributed by atoms with Gasteiger partial charge in [0, 0.05) is 0 Å². The molecule has 0 aromatic heterocycles. The monoisotopic (exact) mass is 309 g/mol. The Hall–Kier alpha value is -1.62. The molecule has 4 nitrogen and oxygen atoms in total. The standard InChI is InChI=1S/C13H12BrNO3/c1-2-10(14)12(16)15-11(8-18-13(15)17)9-6-4-3-5-7-9/h2-7,11H,8H2,1H3/b10-2-/t11-/m0/s1. The summed E-state index contributed by atoms with van der Waals surface area (Å²) >= 11 is 3.14. The molecule has 1 aromatic rings. The zero-order chi connectivity index (χ0) is 13.1. The van der Waals surface area contributed by atoms with E-state index in [2.05, 4.69) is 15.9 Å². The molecule has 0 bridgehead atoms. The third kappa shape index (κ3) is 2.31. The molecule has 0 N–H and O–H groups in total. The van der Waals surface area contributed by atoms with Crippen molar-refractivity contribution in [3.63, 3.8) is 0 Å². The van der Waals surface area contributed by atoms with Crippen molar-refractivity contribution in [2.24, 2.45) is 0 Å². The first kappa shape index (κ1) is 12.8. The summed E-state index contributed by atoms with van der Waals surface area (Å²) in [6.07, 6.45) is 1.00. The molecule has 5 heteroatoms. The van der Waals surface area contributed by atoms with Gasteiger partial charge in [-0.15, -0.1) is 0 Å². The molecule has 1 aromatic carbocycles. The number of carbonyl (C=O) groups is 2. The van der Waals surface area contributed by atoms with Gasteiger partial charge in [-0.05, 0) is 28.4 Å². The molecule has 1 aliphatic rings. The number of rotatable bonds is 2. The summed E-state index contributed by atoms with van der Waals surface area (Å²) in [5.41, 5.74) is 0.883. The number of hydrogen-bond acceptors (Lipinski definition) is 3. The molecule has 18 heavy (non-hydrogen) atoms. The molecule has 0 saturated carbocycles. The zero-order valence-electron chi connectivity index (χ0n) is 9.80. The van der Waals surface area contributed by atoms with Crippen LogP contribution in [0, 0.1) is 0 Å². The number of allylic oxidation sites excluding steroid dienone is 1. The largest absolute Gasteiger partial charge is 0.446 e. The minimum Gasteiger partial charge on any atom is -0.446 e. The van der Waals surface area contributed by atoms with Gasteiger partial charge in [0.15, 0.2) is 0 Å². The van der Waals surface area contributed by atoms with Crippen LogP contribution < -0.4 is 0 Å². The molecule has 0 unspecified atom stereocenters. The molecule has 2 amide bonds. The maximum absolute atomic E-state index is 12.1. The van der Waals surface area contributed by atoms with E-state index < -0.39 is 6.09 Å². The average Bonchev–Trinajstić information content (AvgIpc) is 2.80. The molecule has 1 fully saturated rings. The third-order valence-electron chi connectivity index (χ3n) is 2.73. The molecule has 1 aliphatic heterocycles. The van der Waals surface area contributed by atoms with Crippen molar-refractivity contribution < 1.29 is 14.3 Å². The van der Waals surface area contributed by atoms with Gasteiger partial charge in [-0.25, -0.2) is 9.69 Å². The minimum absolute atomic E-state index is 0.193. The molecule has 0 aliphatic carbocycles. The first-order valence-electron chi connectivity index (χ1n) is 5.52. The predicted octanol–water partition coefficient (Wildman–Crippen LogP) is 3.01. The smallest absolute Gasteiger partial charge is 0.417 e. The van der Waals surface area contributed by atoms with Crippen molar-refractivity contribution in [2.45, 2.75) is 13.0 Å². The van der Waals surface area contributed by atoms with E-state index in [1.165, 1.54) is 0 Å². The van der Waals surface area contributed by atoms with Crippen LogP contribution in [0.25, 0.3) is 0 Å². The Morgan fingerprint density at radius 3 is 2.72 bits per heavy atom. The summed E-state index contributed by atoms with van der Waals surface area (Å²) in [4.78, 5) is 24.9. The Morgan fingerprint density at radius 2 is 2.11 bits per heavy atom. The van der Waals surface area contributed by atoms with Crippen molar-refractivity contribution in [1.82, 2.24) is 4.90 Å². The second-order valence-electron chi connectivity index (χ2n) is 3.82. The summed E-state index contributed by atoms with van der Waals surface area (Å²) < 4.78 is 5.32. The predicted molar refractivity (Wildman–Crippen MR) is 70.1 cm³/mol. The highest BCUT2D eigenvalue weighted by Crippen LogP contribution is 2.29. The van der Waals surface area contributed by atoms with Crippen LogP contribution in [0.4, 0.5) is 4.79 Å². The van der Waals surface area contributed by atoms with Gasteiger partial charge in [-0.1, -0.05) is 36.4 Å². The van der Waals surface area contributed by atoms with Gasteiger partial charge < -0.3 is 4.74 Å². The number of nitrogens with zero attached hydrogens (tertiary/aromatic N) is 1. The Balaban J connectivity index is 2.32. The van der Waals surface area contributed by atoms with Gasteiger partial charge in [0.1, 0.15) is 12.6 Å². The fraction of sp³-hybridized carbons (Fsp3) is 0.231. The van der Waals surface area contributed by atoms with Gasteiger partial charge >= 0.3 is 6.09 Å². The highest BCUT2D eigenvalue weighted by molar-refractivity contribution is 9.12. The van der Waals surface area contributed by atoms with E-state index in [0.717, 1.165) is 10.5 Å². The second-order valence-corrected chi connectivity index (χ2v) is 4.67. The fourth-order valence-corrected chi connectivity index (χ4v) is 2.00. The maximum atomic E-state index is 12.1. The van der Waals surface area contributed by atoms with Crippen LogP contribution >= 0.6 is 15.9 Å². The van der Waals surface area contributed by atoms with E-state index in [1.807, 2.05) is 30.3 Å². The number of ether oxygens (including phenoxy) is 1.